The van der Waals surface area contributed by atoms with Gasteiger partial charge in [-0.1, -0.05) is 38.1 Å². The number of likely N-dealkylation sites (N-methyl/N-ethyl adjacent to an activating group) is 1. The zero-order valence-corrected chi connectivity index (χ0v) is 20.7. The number of hydrogen-bond acceptors (Lipinski definition) is 6. The number of aromatic nitrogens is 3. The lowest BCUT2D eigenvalue weighted by molar-refractivity contribution is -0.134. The second kappa shape index (κ2) is 9.93. The topological polar surface area (TPSA) is 83.4 Å². The predicted molar refractivity (Wildman–Crippen MR) is 135 cm³/mol. The van der Waals surface area contributed by atoms with Gasteiger partial charge in [-0.2, -0.15) is 4.98 Å². The van der Waals surface area contributed by atoms with Crippen LogP contribution in [-0.2, 0) is 11.3 Å². The van der Waals surface area contributed by atoms with Crippen molar-refractivity contribution in [2.75, 3.05) is 32.0 Å². The van der Waals surface area contributed by atoms with E-state index in [1.165, 1.54) is 5.56 Å². The molecule has 1 saturated heterocycles. The summed E-state index contributed by atoms with van der Waals surface area (Å²) in [6, 6.07) is 11.8. The SMILES string of the molecule is CC(C)[C@H](C)n1c(=O)ccc2cnc(N[C@@H](C)c3ccc(CN4CCN(C)C(=O)C4)cc3)nc21. The van der Waals surface area contributed by atoms with Crippen molar-refractivity contribution in [3.8, 4) is 0 Å². The molecule has 2 atom stereocenters. The zero-order chi connectivity index (χ0) is 24.4. The summed E-state index contributed by atoms with van der Waals surface area (Å²) in [4.78, 5) is 37.7. The Morgan fingerprint density at radius 1 is 1.00 bits per heavy atom. The van der Waals surface area contributed by atoms with Gasteiger partial charge in [0.25, 0.3) is 5.56 Å². The summed E-state index contributed by atoms with van der Waals surface area (Å²) in [5.41, 5.74) is 2.89. The Morgan fingerprint density at radius 3 is 2.41 bits per heavy atom. The molecule has 0 unspecified atom stereocenters. The van der Waals surface area contributed by atoms with Crippen LogP contribution in [-0.4, -0.2) is 56.9 Å². The van der Waals surface area contributed by atoms with E-state index in [4.69, 9.17) is 4.98 Å². The van der Waals surface area contributed by atoms with Crippen LogP contribution in [0, 0.1) is 5.92 Å². The number of carbonyl (C=O) groups is 1. The number of piperazine rings is 1. The molecule has 0 aliphatic carbocycles. The van der Waals surface area contributed by atoms with Crippen molar-refractivity contribution in [1.29, 1.82) is 0 Å². The lowest BCUT2D eigenvalue weighted by Crippen LogP contribution is -2.47. The molecule has 0 bridgehead atoms. The van der Waals surface area contributed by atoms with Crippen molar-refractivity contribution in [2.45, 2.75) is 46.3 Å². The maximum absolute atomic E-state index is 12.6. The maximum Gasteiger partial charge on any atom is 0.252 e. The molecule has 0 spiro atoms. The summed E-state index contributed by atoms with van der Waals surface area (Å²) < 4.78 is 1.76. The molecule has 4 rings (SSSR count). The minimum atomic E-state index is -0.0518. The van der Waals surface area contributed by atoms with Crippen LogP contribution in [0.4, 0.5) is 5.95 Å². The molecule has 34 heavy (non-hydrogen) atoms. The average Bonchev–Trinajstić information content (AvgIpc) is 2.81. The van der Waals surface area contributed by atoms with Gasteiger partial charge in [-0.3, -0.25) is 19.1 Å². The molecule has 180 valence electrons. The van der Waals surface area contributed by atoms with E-state index >= 15 is 0 Å². The van der Waals surface area contributed by atoms with E-state index in [2.05, 4.69) is 60.2 Å². The Hall–Kier alpha value is -3.26. The van der Waals surface area contributed by atoms with E-state index in [-0.39, 0.29) is 23.6 Å². The highest BCUT2D eigenvalue weighted by Gasteiger charge is 2.21. The quantitative estimate of drug-likeness (QED) is 0.579. The number of carbonyl (C=O) groups excluding carboxylic acids is 1. The first-order valence-corrected chi connectivity index (χ1v) is 11.9. The molecule has 0 saturated carbocycles. The standard InChI is InChI=1S/C26H34N6O2/c1-17(2)19(4)32-23(33)11-10-22-14-27-26(29-25(22)32)28-18(3)21-8-6-20(7-9-21)15-31-13-12-30(5)24(34)16-31/h6-11,14,17-19H,12-13,15-16H2,1-5H3,(H,27,28,29)/t18-,19-/m0/s1. The highest BCUT2D eigenvalue weighted by Crippen LogP contribution is 2.22. The number of pyridine rings is 1. The molecule has 1 fully saturated rings. The van der Waals surface area contributed by atoms with E-state index in [0.29, 0.717) is 24.1 Å². The van der Waals surface area contributed by atoms with Crippen molar-refractivity contribution >= 4 is 22.9 Å². The fourth-order valence-corrected chi connectivity index (χ4v) is 4.19. The van der Waals surface area contributed by atoms with Crippen LogP contribution in [0.15, 0.2) is 47.4 Å². The summed E-state index contributed by atoms with van der Waals surface area (Å²) in [6.45, 7) is 11.2. The van der Waals surface area contributed by atoms with E-state index in [1.54, 1.807) is 27.8 Å². The monoisotopic (exact) mass is 462 g/mol. The van der Waals surface area contributed by atoms with Gasteiger partial charge in [0, 0.05) is 50.4 Å². The number of nitrogens with one attached hydrogen (secondary N) is 1. The van der Waals surface area contributed by atoms with Crippen molar-refractivity contribution < 1.29 is 4.79 Å². The molecular formula is C26H34N6O2. The van der Waals surface area contributed by atoms with E-state index in [9.17, 15) is 9.59 Å². The minimum Gasteiger partial charge on any atom is -0.348 e. The molecule has 0 radical (unpaired) electrons. The Bertz CT molecular complexity index is 1220. The summed E-state index contributed by atoms with van der Waals surface area (Å²) >= 11 is 0. The fourth-order valence-electron chi connectivity index (χ4n) is 4.19. The van der Waals surface area contributed by atoms with Gasteiger partial charge in [-0.05, 0) is 37.0 Å². The minimum absolute atomic E-state index is 0.0110. The number of hydrogen-bond donors (Lipinski definition) is 1. The highest BCUT2D eigenvalue weighted by molar-refractivity contribution is 5.78. The first kappa shape index (κ1) is 23.9. The predicted octanol–water partition coefficient (Wildman–Crippen LogP) is 3.46. The summed E-state index contributed by atoms with van der Waals surface area (Å²) in [5.74, 6) is 0.968. The second-order valence-corrected chi connectivity index (χ2v) is 9.63. The summed E-state index contributed by atoms with van der Waals surface area (Å²) in [7, 11) is 1.85. The highest BCUT2D eigenvalue weighted by atomic mass is 16.2. The Morgan fingerprint density at radius 2 is 1.74 bits per heavy atom. The number of rotatable bonds is 7. The lowest BCUT2D eigenvalue weighted by atomic mass is 10.1. The third kappa shape index (κ3) is 5.12. The van der Waals surface area contributed by atoms with Gasteiger partial charge in [-0.25, -0.2) is 4.98 Å². The fraction of sp³-hybridized carbons (Fsp3) is 0.462. The molecular weight excluding hydrogens is 428 g/mol. The zero-order valence-electron chi connectivity index (χ0n) is 20.7. The van der Waals surface area contributed by atoms with Crippen molar-refractivity contribution in [2.24, 2.45) is 5.92 Å². The van der Waals surface area contributed by atoms with Crippen LogP contribution >= 0.6 is 0 Å². The molecule has 3 heterocycles. The molecule has 2 aromatic heterocycles. The van der Waals surface area contributed by atoms with E-state index < -0.39 is 0 Å². The third-order valence-electron chi connectivity index (χ3n) is 6.81. The smallest absolute Gasteiger partial charge is 0.252 e. The first-order valence-electron chi connectivity index (χ1n) is 11.9. The second-order valence-electron chi connectivity index (χ2n) is 9.63. The number of fused-ring (bicyclic) bond motifs is 1. The maximum atomic E-state index is 12.6. The van der Waals surface area contributed by atoms with Crippen LogP contribution in [0.5, 0.6) is 0 Å². The Kier molecular flexibility index (Phi) is 6.97. The van der Waals surface area contributed by atoms with Crippen LogP contribution in [0.1, 0.15) is 50.9 Å². The van der Waals surface area contributed by atoms with Crippen molar-refractivity contribution in [1.82, 2.24) is 24.3 Å². The molecule has 1 N–H and O–H groups in total. The molecule has 8 heteroatoms. The molecule has 3 aromatic rings. The lowest BCUT2D eigenvalue weighted by Gasteiger charge is -2.31. The van der Waals surface area contributed by atoms with E-state index in [1.807, 2.05) is 14.0 Å². The van der Waals surface area contributed by atoms with Crippen LogP contribution in [0.3, 0.4) is 0 Å². The van der Waals surface area contributed by atoms with Gasteiger partial charge in [0.2, 0.25) is 11.9 Å². The summed E-state index contributed by atoms with van der Waals surface area (Å²) in [5, 5.41) is 4.22. The molecule has 1 aliphatic heterocycles. The first-order chi connectivity index (χ1) is 16.2. The van der Waals surface area contributed by atoms with Crippen LogP contribution < -0.4 is 10.9 Å². The molecule has 1 aliphatic rings. The van der Waals surface area contributed by atoms with Gasteiger partial charge in [0.15, 0.2) is 0 Å². The van der Waals surface area contributed by atoms with Crippen LogP contribution in [0.25, 0.3) is 11.0 Å². The van der Waals surface area contributed by atoms with Crippen LogP contribution in [0.2, 0.25) is 0 Å². The molecule has 1 aromatic carbocycles. The van der Waals surface area contributed by atoms with Gasteiger partial charge in [0.1, 0.15) is 5.65 Å². The van der Waals surface area contributed by atoms with Crippen molar-refractivity contribution in [3.05, 3.63) is 64.1 Å². The molecule has 1 amide bonds. The van der Waals surface area contributed by atoms with E-state index in [0.717, 1.165) is 30.6 Å². The average molecular weight is 463 g/mol. The third-order valence-corrected chi connectivity index (χ3v) is 6.81. The largest absolute Gasteiger partial charge is 0.348 e. The number of anilines is 1. The number of amides is 1. The molecule has 8 nitrogen and oxygen atoms in total. The van der Waals surface area contributed by atoms with Gasteiger partial charge in [0.05, 0.1) is 12.6 Å². The number of nitrogens with zero attached hydrogens (tertiary/aromatic N) is 5. The van der Waals surface area contributed by atoms with Gasteiger partial charge in [-0.15, -0.1) is 0 Å². The Balaban J connectivity index is 1.48. The van der Waals surface area contributed by atoms with Gasteiger partial charge < -0.3 is 10.2 Å². The summed E-state index contributed by atoms with van der Waals surface area (Å²) in [6.07, 6.45) is 1.76. The normalized spacial score (nSPS) is 16.8. The van der Waals surface area contributed by atoms with Crippen molar-refractivity contribution in [3.63, 3.8) is 0 Å². The van der Waals surface area contributed by atoms with Gasteiger partial charge >= 0.3 is 0 Å². The number of benzene rings is 1. The Labute approximate surface area is 200 Å².